The van der Waals surface area contributed by atoms with Gasteiger partial charge in [-0.15, -0.1) is 0 Å². The summed E-state index contributed by atoms with van der Waals surface area (Å²) >= 11 is 0. The molecule has 2 unspecified atom stereocenters. The number of rotatable bonds is 9. The molecule has 3 N–H and O–H groups in total. The standard InChI is InChI=1S/C15H22N2O6S/c1-4-10(2)17-24(21,22)12-7-5-11(6-8-12)14(18)16-13(9-23-3)15(19)20/h5-8,10,13,17H,4,9H2,1-3H3,(H,16,18)(H,19,20). The Balaban J connectivity index is 2.87. The summed E-state index contributed by atoms with van der Waals surface area (Å²) in [5.41, 5.74) is 0.153. The van der Waals surface area contributed by atoms with Crippen LogP contribution in [0.2, 0.25) is 0 Å². The molecule has 0 bridgehead atoms. The fourth-order valence-electron chi connectivity index (χ4n) is 1.78. The van der Waals surface area contributed by atoms with Crippen LogP contribution < -0.4 is 10.0 Å². The van der Waals surface area contributed by atoms with Crippen LogP contribution in [0.5, 0.6) is 0 Å². The van der Waals surface area contributed by atoms with Gasteiger partial charge in [-0.1, -0.05) is 6.92 Å². The lowest BCUT2D eigenvalue weighted by Crippen LogP contribution is -2.43. The number of sulfonamides is 1. The molecule has 134 valence electrons. The van der Waals surface area contributed by atoms with E-state index in [4.69, 9.17) is 9.84 Å². The van der Waals surface area contributed by atoms with Crippen molar-refractivity contribution in [2.45, 2.75) is 37.2 Å². The van der Waals surface area contributed by atoms with Crippen LogP contribution in [-0.4, -0.2) is 51.2 Å². The van der Waals surface area contributed by atoms with Gasteiger partial charge in [0.25, 0.3) is 5.91 Å². The van der Waals surface area contributed by atoms with E-state index in [1.54, 1.807) is 6.92 Å². The third-order valence-corrected chi connectivity index (χ3v) is 4.94. The zero-order valence-electron chi connectivity index (χ0n) is 13.8. The van der Waals surface area contributed by atoms with Crippen LogP contribution in [0.3, 0.4) is 0 Å². The highest BCUT2D eigenvalue weighted by molar-refractivity contribution is 7.89. The topological polar surface area (TPSA) is 122 Å². The van der Waals surface area contributed by atoms with E-state index < -0.39 is 27.9 Å². The molecule has 8 nitrogen and oxygen atoms in total. The van der Waals surface area contributed by atoms with E-state index in [-0.39, 0.29) is 23.1 Å². The molecular weight excluding hydrogens is 336 g/mol. The molecule has 0 spiro atoms. The summed E-state index contributed by atoms with van der Waals surface area (Å²) in [5.74, 6) is -1.85. The number of aliphatic carboxylic acids is 1. The van der Waals surface area contributed by atoms with Gasteiger partial charge in [0.15, 0.2) is 6.04 Å². The average Bonchev–Trinajstić information content (AvgIpc) is 2.53. The number of carbonyl (C=O) groups excluding carboxylic acids is 1. The second-order valence-electron chi connectivity index (χ2n) is 5.27. The van der Waals surface area contributed by atoms with Crippen molar-refractivity contribution < 1.29 is 27.9 Å². The van der Waals surface area contributed by atoms with Crippen LogP contribution in [0.1, 0.15) is 30.6 Å². The van der Waals surface area contributed by atoms with Gasteiger partial charge in [0, 0.05) is 18.7 Å². The van der Waals surface area contributed by atoms with Gasteiger partial charge in [-0.05, 0) is 37.6 Å². The fraction of sp³-hybridized carbons (Fsp3) is 0.467. The Bertz CT molecular complexity index is 672. The number of methoxy groups -OCH3 is 1. The molecule has 1 aromatic carbocycles. The summed E-state index contributed by atoms with van der Waals surface area (Å²) in [5, 5.41) is 11.3. The van der Waals surface area contributed by atoms with Crippen LogP contribution in [0.4, 0.5) is 0 Å². The molecule has 9 heteroatoms. The molecule has 0 saturated carbocycles. The van der Waals surface area contributed by atoms with Crippen LogP contribution in [0, 0.1) is 0 Å². The summed E-state index contributed by atoms with van der Waals surface area (Å²) < 4.78 is 31.5. The van der Waals surface area contributed by atoms with Gasteiger partial charge in [-0.2, -0.15) is 0 Å². The molecule has 0 aliphatic carbocycles. The van der Waals surface area contributed by atoms with E-state index in [0.29, 0.717) is 6.42 Å². The lowest BCUT2D eigenvalue weighted by atomic mass is 10.2. The number of carboxylic acids is 1. The van der Waals surface area contributed by atoms with E-state index in [0.717, 1.165) is 0 Å². The van der Waals surface area contributed by atoms with Crippen LogP contribution in [0.15, 0.2) is 29.2 Å². The van der Waals surface area contributed by atoms with Crippen molar-refractivity contribution in [2.75, 3.05) is 13.7 Å². The number of hydrogen-bond donors (Lipinski definition) is 3. The molecule has 1 aromatic rings. The number of nitrogens with one attached hydrogen (secondary N) is 2. The number of ether oxygens (including phenoxy) is 1. The first-order valence-electron chi connectivity index (χ1n) is 7.36. The van der Waals surface area contributed by atoms with Gasteiger partial charge in [0.2, 0.25) is 10.0 Å². The smallest absolute Gasteiger partial charge is 0.328 e. The fourth-order valence-corrected chi connectivity index (χ4v) is 3.11. The quantitative estimate of drug-likeness (QED) is 0.594. The van der Waals surface area contributed by atoms with Gasteiger partial charge in [-0.25, -0.2) is 17.9 Å². The Kier molecular flexibility index (Phi) is 7.33. The van der Waals surface area contributed by atoms with E-state index in [1.807, 2.05) is 6.92 Å². The summed E-state index contributed by atoms with van der Waals surface area (Å²) in [6, 6.07) is 3.86. The molecule has 0 aliphatic rings. The first-order chi connectivity index (χ1) is 11.2. The maximum Gasteiger partial charge on any atom is 0.328 e. The molecule has 0 heterocycles. The molecule has 1 amide bonds. The summed E-state index contributed by atoms with van der Waals surface area (Å²) in [7, 11) is -2.33. The van der Waals surface area contributed by atoms with Gasteiger partial charge >= 0.3 is 5.97 Å². The third kappa shape index (κ3) is 5.59. The highest BCUT2D eigenvalue weighted by Gasteiger charge is 2.21. The lowest BCUT2D eigenvalue weighted by Gasteiger charge is -2.14. The number of hydrogen-bond acceptors (Lipinski definition) is 5. The average molecular weight is 358 g/mol. The Morgan fingerprint density at radius 2 is 1.83 bits per heavy atom. The molecular formula is C15H22N2O6S. The van der Waals surface area contributed by atoms with Crippen molar-refractivity contribution in [1.29, 1.82) is 0 Å². The molecule has 0 aromatic heterocycles. The number of carboxylic acid groups (broad SMARTS) is 1. The highest BCUT2D eigenvalue weighted by Crippen LogP contribution is 2.12. The molecule has 0 fully saturated rings. The highest BCUT2D eigenvalue weighted by atomic mass is 32.2. The van der Waals surface area contributed by atoms with E-state index in [9.17, 15) is 18.0 Å². The minimum atomic E-state index is -3.66. The Morgan fingerprint density at radius 3 is 2.29 bits per heavy atom. The second kappa shape index (κ2) is 8.76. The summed E-state index contributed by atoms with van der Waals surface area (Å²) in [4.78, 5) is 23.0. The summed E-state index contributed by atoms with van der Waals surface area (Å²) in [6.07, 6.45) is 0.649. The van der Waals surface area contributed by atoms with Crippen molar-refractivity contribution in [3.05, 3.63) is 29.8 Å². The largest absolute Gasteiger partial charge is 0.480 e. The third-order valence-electron chi connectivity index (χ3n) is 3.33. The first-order valence-corrected chi connectivity index (χ1v) is 8.84. The molecule has 2 atom stereocenters. The molecule has 24 heavy (non-hydrogen) atoms. The SMILES string of the molecule is CCC(C)NS(=O)(=O)c1ccc(C(=O)NC(COC)C(=O)O)cc1. The van der Waals surface area contributed by atoms with Gasteiger partial charge < -0.3 is 15.2 Å². The van der Waals surface area contributed by atoms with E-state index in [1.165, 1.54) is 31.4 Å². The minimum absolute atomic E-state index is 0.0334. The Morgan fingerprint density at radius 1 is 1.25 bits per heavy atom. The predicted molar refractivity (Wildman–Crippen MR) is 87.3 cm³/mol. The number of amides is 1. The van der Waals surface area contributed by atoms with Gasteiger partial charge in [-0.3, -0.25) is 4.79 Å². The van der Waals surface area contributed by atoms with Crippen LogP contribution >= 0.6 is 0 Å². The monoisotopic (exact) mass is 358 g/mol. The molecule has 0 saturated heterocycles. The van der Waals surface area contributed by atoms with Crippen LogP contribution in [-0.2, 0) is 19.6 Å². The zero-order valence-corrected chi connectivity index (χ0v) is 14.6. The maximum atomic E-state index is 12.1. The molecule has 1 rings (SSSR count). The maximum absolute atomic E-state index is 12.1. The Hall–Kier alpha value is -1.97. The Labute approximate surface area is 141 Å². The molecule has 0 radical (unpaired) electrons. The first kappa shape index (κ1) is 20.1. The second-order valence-corrected chi connectivity index (χ2v) is 6.99. The number of benzene rings is 1. The summed E-state index contributed by atoms with van der Waals surface area (Å²) in [6.45, 7) is 3.44. The van der Waals surface area contributed by atoms with Crippen molar-refractivity contribution in [1.82, 2.24) is 10.0 Å². The van der Waals surface area contributed by atoms with E-state index >= 15 is 0 Å². The zero-order chi connectivity index (χ0) is 18.3. The van der Waals surface area contributed by atoms with Crippen LogP contribution in [0.25, 0.3) is 0 Å². The normalized spacial score (nSPS) is 14.0. The van der Waals surface area contributed by atoms with Crippen molar-refractivity contribution in [2.24, 2.45) is 0 Å². The lowest BCUT2D eigenvalue weighted by molar-refractivity contribution is -0.140. The number of carbonyl (C=O) groups is 2. The molecule has 0 aliphatic heterocycles. The van der Waals surface area contributed by atoms with Crippen molar-refractivity contribution in [3.63, 3.8) is 0 Å². The van der Waals surface area contributed by atoms with Gasteiger partial charge in [0.05, 0.1) is 11.5 Å². The predicted octanol–water partition coefficient (Wildman–Crippen LogP) is 0.593. The van der Waals surface area contributed by atoms with E-state index in [2.05, 4.69) is 10.0 Å². The minimum Gasteiger partial charge on any atom is -0.480 e. The van der Waals surface area contributed by atoms with Crippen molar-refractivity contribution >= 4 is 21.9 Å². The van der Waals surface area contributed by atoms with Gasteiger partial charge in [0.1, 0.15) is 0 Å². The van der Waals surface area contributed by atoms with Crippen molar-refractivity contribution in [3.8, 4) is 0 Å².